The van der Waals surface area contributed by atoms with Crippen LogP contribution in [-0.4, -0.2) is 5.78 Å². The minimum absolute atomic E-state index is 0.0590. The summed E-state index contributed by atoms with van der Waals surface area (Å²) in [6, 6.07) is 13.0. The fourth-order valence-corrected chi connectivity index (χ4v) is 3.01. The van der Waals surface area contributed by atoms with Crippen molar-refractivity contribution < 1.29 is 18.1 Å². The standard InChI is InChI=1S/C17H13ClFNO3S/c18-12-7-5-10(6-8-12)15-14(21)16(17(20)22-15)23-24-9-11-3-1-2-4-13(11)19/h1-8,15H,9,20H2. The van der Waals surface area contributed by atoms with Gasteiger partial charge in [-0.1, -0.05) is 41.9 Å². The molecule has 0 spiro atoms. The molecule has 0 aromatic heterocycles. The molecule has 7 heteroatoms. The summed E-state index contributed by atoms with van der Waals surface area (Å²) in [6.45, 7) is 0. The van der Waals surface area contributed by atoms with Crippen LogP contribution in [0.1, 0.15) is 17.2 Å². The summed E-state index contributed by atoms with van der Waals surface area (Å²) >= 11 is 6.76. The minimum atomic E-state index is -0.855. The Morgan fingerprint density at radius 1 is 1.21 bits per heavy atom. The van der Waals surface area contributed by atoms with Crippen molar-refractivity contribution in [1.82, 2.24) is 0 Å². The van der Waals surface area contributed by atoms with Crippen LogP contribution in [0.5, 0.6) is 0 Å². The Hall–Kier alpha value is -2.18. The summed E-state index contributed by atoms with van der Waals surface area (Å²) in [5.41, 5.74) is 6.84. The van der Waals surface area contributed by atoms with Gasteiger partial charge >= 0.3 is 0 Å². The van der Waals surface area contributed by atoms with Gasteiger partial charge in [0.2, 0.25) is 17.4 Å². The second-order valence-corrected chi connectivity index (χ2v) is 6.17. The first-order valence-electron chi connectivity index (χ1n) is 7.05. The largest absolute Gasteiger partial charge is 0.460 e. The fourth-order valence-electron chi connectivity index (χ4n) is 2.18. The van der Waals surface area contributed by atoms with Crippen molar-refractivity contribution in [3.8, 4) is 0 Å². The number of hydrogen-bond acceptors (Lipinski definition) is 5. The second kappa shape index (κ2) is 7.15. The maximum Gasteiger partial charge on any atom is 0.249 e. The molecule has 0 radical (unpaired) electrons. The van der Waals surface area contributed by atoms with Crippen molar-refractivity contribution in [3.63, 3.8) is 0 Å². The zero-order chi connectivity index (χ0) is 17.1. The van der Waals surface area contributed by atoms with E-state index in [1.165, 1.54) is 6.07 Å². The predicted molar refractivity (Wildman–Crippen MR) is 90.3 cm³/mol. The smallest absolute Gasteiger partial charge is 0.249 e. The Kier molecular flexibility index (Phi) is 4.97. The van der Waals surface area contributed by atoms with Crippen molar-refractivity contribution >= 4 is 29.4 Å². The summed E-state index contributed by atoms with van der Waals surface area (Å²) in [6.07, 6.45) is -0.855. The lowest BCUT2D eigenvalue weighted by Gasteiger charge is -2.09. The molecule has 0 aliphatic carbocycles. The topological polar surface area (TPSA) is 61.5 Å². The maximum atomic E-state index is 13.6. The van der Waals surface area contributed by atoms with Crippen LogP contribution in [0.2, 0.25) is 5.02 Å². The monoisotopic (exact) mass is 365 g/mol. The molecule has 1 unspecified atom stereocenters. The number of carbonyl (C=O) groups is 1. The summed E-state index contributed by atoms with van der Waals surface area (Å²) in [5, 5.41) is 0.557. The molecule has 1 heterocycles. The van der Waals surface area contributed by atoms with Gasteiger partial charge in [0.05, 0.1) is 17.8 Å². The van der Waals surface area contributed by atoms with Crippen LogP contribution in [0.15, 0.2) is 60.2 Å². The van der Waals surface area contributed by atoms with Gasteiger partial charge in [-0.15, -0.1) is 0 Å². The van der Waals surface area contributed by atoms with Gasteiger partial charge in [0.25, 0.3) is 0 Å². The van der Waals surface area contributed by atoms with E-state index in [1.807, 2.05) is 0 Å². The Morgan fingerprint density at radius 2 is 1.92 bits per heavy atom. The second-order valence-electron chi connectivity index (χ2n) is 5.04. The first-order chi connectivity index (χ1) is 11.6. The number of hydrogen-bond donors (Lipinski definition) is 1. The van der Waals surface area contributed by atoms with Gasteiger partial charge in [0, 0.05) is 16.1 Å². The molecule has 0 fully saturated rings. The number of Topliss-reactive ketones (excluding diaryl/α,β-unsaturated/α-hetero) is 1. The van der Waals surface area contributed by atoms with Gasteiger partial charge in [-0.05, 0) is 18.2 Å². The van der Waals surface area contributed by atoms with E-state index in [1.54, 1.807) is 42.5 Å². The van der Waals surface area contributed by atoms with Crippen molar-refractivity contribution in [3.05, 3.63) is 82.1 Å². The highest BCUT2D eigenvalue weighted by molar-refractivity contribution is 7.94. The molecule has 1 aliphatic heterocycles. The minimum Gasteiger partial charge on any atom is -0.460 e. The molecule has 2 aromatic rings. The zero-order valence-electron chi connectivity index (χ0n) is 12.4. The molecule has 2 aromatic carbocycles. The van der Waals surface area contributed by atoms with E-state index in [4.69, 9.17) is 26.3 Å². The lowest BCUT2D eigenvalue weighted by atomic mass is 10.1. The third-order valence-electron chi connectivity index (χ3n) is 3.42. The molecule has 24 heavy (non-hydrogen) atoms. The number of ketones is 1. The molecule has 0 saturated heterocycles. The van der Waals surface area contributed by atoms with Crippen LogP contribution in [-0.2, 0) is 19.5 Å². The Labute approximate surface area is 147 Å². The van der Waals surface area contributed by atoms with Gasteiger partial charge in [0.1, 0.15) is 5.82 Å². The molecule has 124 valence electrons. The molecule has 0 bridgehead atoms. The summed E-state index contributed by atoms with van der Waals surface area (Å²) in [7, 11) is 0. The molecule has 2 N–H and O–H groups in total. The number of carbonyl (C=O) groups excluding carboxylic acids is 1. The van der Waals surface area contributed by atoms with Crippen molar-refractivity contribution in [1.29, 1.82) is 0 Å². The third-order valence-corrected chi connectivity index (χ3v) is 4.38. The van der Waals surface area contributed by atoms with Crippen molar-refractivity contribution in [2.24, 2.45) is 5.73 Å². The van der Waals surface area contributed by atoms with Crippen LogP contribution in [0, 0.1) is 5.82 Å². The van der Waals surface area contributed by atoms with Crippen LogP contribution in [0.4, 0.5) is 4.39 Å². The van der Waals surface area contributed by atoms with E-state index < -0.39 is 6.10 Å². The summed E-state index contributed by atoms with van der Waals surface area (Å²) in [5.74, 6) is -0.612. The molecular formula is C17H13ClFNO3S. The van der Waals surface area contributed by atoms with Gasteiger partial charge < -0.3 is 14.7 Å². The Balaban J connectivity index is 1.64. The summed E-state index contributed by atoms with van der Waals surface area (Å²) < 4.78 is 24.3. The molecular weight excluding hydrogens is 353 g/mol. The van der Waals surface area contributed by atoms with Crippen molar-refractivity contribution in [2.45, 2.75) is 11.9 Å². The summed E-state index contributed by atoms with van der Waals surface area (Å²) in [4.78, 5) is 12.4. The number of benzene rings is 2. The quantitative estimate of drug-likeness (QED) is 0.808. The Morgan fingerprint density at radius 3 is 2.62 bits per heavy atom. The van der Waals surface area contributed by atoms with Gasteiger partial charge in [-0.3, -0.25) is 4.79 Å². The maximum absolute atomic E-state index is 13.6. The van der Waals surface area contributed by atoms with E-state index >= 15 is 0 Å². The molecule has 0 saturated carbocycles. The number of nitrogens with two attached hydrogens (primary N) is 1. The molecule has 4 nitrogen and oxygen atoms in total. The fraction of sp³-hybridized carbons (Fsp3) is 0.118. The predicted octanol–water partition coefficient (Wildman–Crippen LogP) is 4.11. The van der Waals surface area contributed by atoms with E-state index in [9.17, 15) is 9.18 Å². The van der Waals surface area contributed by atoms with Crippen LogP contribution < -0.4 is 5.73 Å². The van der Waals surface area contributed by atoms with Crippen LogP contribution in [0.3, 0.4) is 0 Å². The highest BCUT2D eigenvalue weighted by Crippen LogP contribution is 2.34. The average molecular weight is 366 g/mol. The first-order valence-corrected chi connectivity index (χ1v) is 8.34. The molecule has 3 rings (SSSR count). The number of halogens is 2. The van der Waals surface area contributed by atoms with Gasteiger partial charge in [0.15, 0.2) is 6.10 Å². The third kappa shape index (κ3) is 3.49. The Bertz CT molecular complexity index is 795. The van der Waals surface area contributed by atoms with E-state index in [2.05, 4.69) is 0 Å². The van der Waals surface area contributed by atoms with Crippen LogP contribution >= 0.6 is 23.6 Å². The molecule has 1 atom stereocenters. The highest BCUT2D eigenvalue weighted by atomic mass is 35.5. The molecule has 1 aliphatic rings. The van der Waals surface area contributed by atoms with Gasteiger partial charge in [-0.2, -0.15) is 0 Å². The zero-order valence-corrected chi connectivity index (χ0v) is 13.9. The first kappa shape index (κ1) is 16.7. The van der Waals surface area contributed by atoms with Crippen molar-refractivity contribution in [2.75, 3.05) is 0 Å². The van der Waals surface area contributed by atoms with Gasteiger partial charge in [-0.25, -0.2) is 4.39 Å². The lowest BCUT2D eigenvalue weighted by molar-refractivity contribution is -0.122. The van der Waals surface area contributed by atoms with E-state index in [0.717, 1.165) is 12.0 Å². The number of rotatable bonds is 5. The normalized spacial score (nSPS) is 17.1. The highest BCUT2D eigenvalue weighted by Gasteiger charge is 2.37. The number of ether oxygens (including phenoxy) is 1. The average Bonchev–Trinajstić information content (AvgIpc) is 2.85. The van der Waals surface area contributed by atoms with E-state index in [0.29, 0.717) is 16.1 Å². The molecule has 0 amide bonds. The lowest BCUT2D eigenvalue weighted by Crippen LogP contribution is -2.10. The van der Waals surface area contributed by atoms with E-state index in [-0.39, 0.29) is 29.0 Å². The SMILES string of the molecule is NC1=C(OSCc2ccccc2F)C(=O)C(c2ccc(Cl)cc2)O1. The van der Waals surface area contributed by atoms with Crippen LogP contribution in [0.25, 0.3) is 0 Å².